The van der Waals surface area contributed by atoms with E-state index in [1.807, 2.05) is 0 Å². The SMILES string of the molecule is CN1C(=O)C(=O)c2ccc(C(F)(F)F)cc21. The average molecular weight is 229 g/mol. The van der Waals surface area contributed by atoms with Crippen molar-refractivity contribution in [2.24, 2.45) is 0 Å². The summed E-state index contributed by atoms with van der Waals surface area (Å²) in [6.45, 7) is 0. The van der Waals surface area contributed by atoms with Crippen LogP contribution in [0.1, 0.15) is 15.9 Å². The fraction of sp³-hybridized carbons (Fsp3) is 0.200. The molecule has 0 saturated heterocycles. The Morgan fingerprint density at radius 3 is 2.38 bits per heavy atom. The number of halogens is 3. The quantitative estimate of drug-likeness (QED) is 0.637. The maximum absolute atomic E-state index is 12.4. The van der Waals surface area contributed by atoms with Crippen LogP contribution in [0, 0.1) is 0 Å². The van der Waals surface area contributed by atoms with E-state index in [9.17, 15) is 22.8 Å². The highest BCUT2D eigenvalue weighted by atomic mass is 19.4. The number of anilines is 1. The zero-order chi connectivity index (χ0) is 12.1. The zero-order valence-corrected chi connectivity index (χ0v) is 8.13. The van der Waals surface area contributed by atoms with Gasteiger partial charge in [-0.3, -0.25) is 9.59 Å². The summed E-state index contributed by atoms with van der Waals surface area (Å²) in [5.74, 6) is -1.58. The summed E-state index contributed by atoms with van der Waals surface area (Å²) in [7, 11) is 1.27. The number of carbonyl (C=O) groups is 2. The number of Topliss-reactive ketones (excluding diaryl/α,β-unsaturated/α-hetero) is 1. The van der Waals surface area contributed by atoms with Crippen LogP contribution >= 0.6 is 0 Å². The van der Waals surface area contributed by atoms with Crippen LogP contribution in [0.2, 0.25) is 0 Å². The number of nitrogens with zero attached hydrogens (tertiary/aromatic N) is 1. The van der Waals surface area contributed by atoms with Crippen molar-refractivity contribution in [1.82, 2.24) is 0 Å². The van der Waals surface area contributed by atoms with E-state index < -0.39 is 23.4 Å². The molecule has 0 saturated carbocycles. The Bertz CT molecular complexity index is 493. The number of carbonyl (C=O) groups excluding carboxylic acids is 2. The van der Waals surface area contributed by atoms with Gasteiger partial charge in [-0.1, -0.05) is 0 Å². The highest BCUT2D eigenvalue weighted by molar-refractivity contribution is 6.52. The van der Waals surface area contributed by atoms with E-state index >= 15 is 0 Å². The average Bonchev–Trinajstić information content (AvgIpc) is 2.43. The normalized spacial score (nSPS) is 15.6. The molecular weight excluding hydrogens is 223 g/mol. The Morgan fingerprint density at radius 1 is 1.19 bits per heavy atom. The summed E-state index contributed by atoms with van der Waals surface area (Å²) < 4.78 is 37.2. The molecule has 1 aromatic rings. The number of likely N-dealkylation sites (N-methyl/N-ethyl adjacent to an activating group) is 1. The van der Waals surface area contributed by atoms with Gasteiger partial charge in [0.25, 0.3) is 11.7 Å². The summed E-state index contributed by atoms with van der Waals surface area (Å²) in [5.41, 5.74) is -0.856. The van der Waals surface area contributed by atoms with Gasteiger partial charge in [0, 0.05) is 7.05 Å². The first-order chi connectivity index (χ1) is 7.32. The molecule has 1 aliphatic rings. The fourth-order valence-corrected chi connectivity index (χ4v) is 1.55. The summed E-state index contributed by atoms with van der Waals surface area (Å²) >= 11 is 0. The molecule has 3 nitrogen and oxygen atoms in total. The van der Waals surface area contributed by atoms with Crippen molar-refractivity contribution in [2.75, 3.05) is 11.9 Å². The Morgan fingerprint density at radius 2 is 1.81 bits per heavy atom. The highest BCUT2D eigenvalue weighted by Crippen LogP contribution is 2.35. The second kappa shape index (κ2) is 3.07. The van der Waals surface area contributed by atoms with E-state index in [1.165, 1.54) is 7.05 Å². The molecule has 0 spiro atoms. The highest BCUT2D eigenvalue weighted by Gasteiger charge is 2.37. The number of alkyl halides is 3. The molecule has 84 valence electrons. The number of hydrogen-bond acceptors (Lipinski definition) is 2. The molecule has 0 fully saturated rings. The first kappa shape index (κ1) is 10.7. The maximum atomic E-state index is 12.4. The van der Waals surface area contributed by atoms with E-state index in [0.717, 1.165) is 23.1 Å². The first-order valence-electron chi connectivity index (χ1n) is 4.36. The van der Waals surface area contributed by atoms with Crippen molar-refractivity contribution in [1.29, 1.82) is 0 Å². The van der Waals surface area contributed by atoms with Gasteiger partial charge in [-0.25, -0.2) is 0 Å². The van der Waals surface area contributed by atoms with Crippen molar-refractivity contribution in [3.63, 3.8) is 0 Å². The van der Waals surface area contributed by atoms with Gasteiger partial charge in [-0.05, 0) is 18.2 Å². The Balaban J connectivity index is 2.58. The van der Waals surface area contributed by atoms with E-state index in [1.54, 1.807) is 0 Å². The molecule has 0 radical (unpaired) electrons. The topological polar surface area (TPSA) is 37.4 Å². The minimum Gasteiger partial charge on any atom is -0.308 e. The molecule has 1 amide bonds. The molecule has 16 heavy (non-hydrogen) atoms. The number of amides is 1. The predicted octanol–water partition coefficient (Wildman–Crippen LogP) is 1.86. The van der Waals surface area contributed by atoms with Crippen molar-refractivity contribution in [2.45, 2.75) is 6.18 Å². The summed E-state index contributed by atoms with van der Waals surface area (Å²) in [4.78, 5) is 23.4. The monoisotopic (exact) mass is 229 g/mol. The first-order valence-corrected chi connectivity index (χ1v) is 4.36. The van der Waals surface area contributed by atoms with Crippen molar-refractivity contribution < 1.29 is 22.8 Å². The van der Waals surface area contributed by atoms with Gasteiger partial charge in [0.05, 0.1) is 16.8 Å². The molecular formula is C10H6F3NO2. The molecule has 2 rings (SSSR count). The molecule has 1 heterocycles. The second-order valence-electron chi connectivity index (χ2n) is 3.42. The van der Waals surface area contributed by atoms with Crippen LogP contribution in [0.3, 0.4) is 0 Å². The molecule has 0 bridgehead atoms. The van der Waals surface area contributed by atoms with Gasteiger partial charge in [-0.15, -0.1) is 0 Å². The third-order valence-corrected chi connectivity index (χ3v) is 2.43. The molecule has 1 aliphatic heterocycles. The standard InChI is InChI=1S/C10H6F3NO2/c1-14-7-4-5(10(11,12)13)2-3-6(7)8(15)9(14)16/h2-4H,1H3. The lowest BCUT2D eigenvalue weighted by atomic mass is 10.1. The smallest absolute Gasteiger partial charge is 0.308 e. The molecule has 1 aromatic carbocycles. The third-order valence-electron chi connectivity index (χ3n) is 2.43. The Kier molecular flexibility index (Phi) is 2.04. The molecule has 0 atom stereocenters. The van der Waals surface area contributed by atoms with Gasteiger partial charge in [0.1, 0.15) is 0 Å². The van der Waals surface area contributed by atoms with Gasteiger partial charge in [0.2, 0.25) is 0 Å². The van der Waals surface area contributed by atoms with Gasteiger partial charge in [0.15, 0.2) is 0 Å². The van der Waals surface area contributed by atoms with Crippen molar-refractivity contribution >= 4 is 17.4 Å². The second-order valence-corrected chi connectivity index (χ2v) is 3.42. The van der Waals surface area contributed by atoms with Gasteiger partial charge in [-0.2, -0.15) is 13.2 Å². The van der Waals surface area contributed by atoms with E-state index in [2.05, 4.69) is 0 Å². The van der Waals surface area contributed by atoms with Crippen LogP contribution in [0.4, 0.5) is 18.9 Å². The zero-order valence-electron chi connectivity index (χ0n) is 8.13. The number of fused-ring (bicyclic) bond motifs is 1. The van der Waals surface area contributed by atoms with Gasteiger partial charge < -0.3 is 4.90 Å². The van der Waals surface area contributed by atoms with Gasteiger partial charge >= 0.3 is 6.18 Å². The van der Waals surface area contributed by atoms with E-state index in [0.29, 0.717) is 0 Å². The van der Waals surface area contributed by atoms with Crippen LogP contribution in [-0.2, 0) is 11.0 Å². The van der Waals surface area contributed by atoms with Crippen LogP contribution < -0.4 is 4.90 Å². The number of ketones is 1. The lowest BCUT2D eigenvalue weighted by Gasteiger charge is -2.11. The molecule has 6 heteroatoms. The van der Waals surface area contributed by atoms with E-state index in [-0.39, 0.29) is 11.3 Å². The number of hydrogen-bond donors (Lipinski definition) is 0. The third kappa shape index (κ3) is 1.37. The summed E-state index contributed by atoms with van der Waals surface area (Å²) in [6, 6.07) is 2.63. The fourth-order valence-electron chi connectivity index (χ4n) is 1.55. The van der Waals surface area contributed by atoms with Crippen LogP contribution in [0.15, 0.2) is 18.2 Å². The van der Waals surface area contributed by atoms with Crippen LogP contribution in [-0.4, -0.2) is 18.7 Å². The molecule has 0 unspecified atom stereocenters. The largest absolute Gasteiger partial charge is 0.416 e. The predicted molar refractivity (Wildman–Crippen MR) is 49.2 cm³/mol. The number of rotatable bonds is 0. The summed E-state index contributed by atoms with van der Waals surface area (Å²) in [6.07, 6.45) is -4.48. The number of benzene rings is 1. The lowest BCUT2D eigenvalue weighted by Crippen LogP contribution is -2.24. The molecule has 0 aliphatic carbocycles. The Labute approximate surface area is 88.5 Å². The minimum atomic E-state index is -4.48. The molecule has 0 N–H and O–H groups in total. The minimum absolute atomic E-state index is 0.00447. The van der Waals surface area contributed by atoms with Crippen molar-refractivity contribution in [3.05, 3.63) is 29.3 Å². The lowest BCUT2D eigenvalue weighted by molar-refractivity contribution is -0.137. The van der Waals surface area contributed by atoms with Crippen LogP contribution in [0.25, 0.3) is 0 Å². The van der Waals surface area contributed by atoms with E-state index in [4.69, 9.17) is 0 Å². The molecule has 0 aromatic heterocycles. The Hall–Kier alpha value is -1.85. The van der Waals surface area contributed by atoms with Crippen molar-refractivity contribution in [3.8, 4) is 0 Å². The summed E-state index contributed by atoms with van der Waals surface area (Å²) in [5, 5.41) is 0. The maximum Gasteiger partial charge on any atom is 0.416 e. The van der Waals surface area contributed by atoms with Crippen LogP contribution in [0.5, 0.6) is 0 Å².